The lowest BCUT2D eigenvalue weighted by Crippen LogP contribution is -2.05. The topological polar surface area (TPSA) is 57.5 Å². The minimum atomic E-state index is 0.680. The highest BCUT2D eigenvalue weighted by Crippen LogP contribution is 2.36. The van der Waals surface area contributed by atoms with E-state index in [1.165, 1.54) is 6.21 Å². The number of fused-ring (bicyclic) bond motifs is 1. The molecule has 0 unspecified atom stereocenters. The minimum absolute atomic E-state index is 0.680. The highest BCUT2D eigenvalue weighted by Gasteiger charge is 2.16. The van der Waals surface area contributed by atoms with Crippen molar-refractivity contribution in [2.75, 3.05) is 18.5 Å². The van der Waals surface area contributed by atoms with Crippen molar-refractivity contribution in [3.8, 4) is 5.75 Å². The fraction of sp³-hybridized carbons (Fsp3) is 0.130. The first-order valence-electron chi connectivity index (χ1n) is 9.10. The van der Waals surface area contributed by atoms with Crippen molar-refractivity contribution in [2.24, 2.45) is 4.99 Å². The molecule has 4 heteroatoms. The largest absolute Gasteiger partial charge is 0.491 e. The SMILES string of the molecule is N=Cc1c(N=C(c2ccccc2)c2ccccc2)ccc2c1NCCCO2. The Bertz CT molecular complexity index is 924. The van der Waals surface area contributed by atoms with Gasteiger partial charge in [0.15, 0.2) is 0 Å². The van der Waals surface area contributed by atoms with E-state index in [0.717, 1.165) is 52.5 Å². The maximum Gasteiger partial charge on any atom is 0.143 e. The van der Waals surface area contributed by atoms with Gasteiger partial charge in [-0.3, -0.25) is 0 Å². The van der Waals surface area contributed by atoms with E-state index >= 15 is 0 Å². The van der Waals surface area contributed by atoms with Gasteiger partial charge >= 0.3 is 0 Å². The first kappa shape index (κ1) is 17.0. The van der Waals surface area contributed by atoms with Gasteiger partial charge in [0.25, 0.3) is 0 Å². The van der Waals surface area contributed by atoms with Crippen molar-refractivity contribution in [1.29, 1.82) is 5.41 Å². The summed E-state index contributed by atoms with van der Waals surface area (Å²) in [5.41, 5.74) is 5.32. The van der Waals surface area contributed by atoms with Gasteiger partial charge in [-0.1, -0.05) is 60.7 Å². The van der Waals surface area contributed by atoms with E-state index < -0.39 is 0 Å². The Balaban J connectivity index is 1.88. The molecule has 0 fully saturated rings. The molecule has 134 valence electrons. The molecule has 0 aromatic heterocycles. The molecule has 4 nitrogen and oxygen atoms in total. The number of aliphatic imine (C=N–C) groups is 1. The lowest BCUT2D eigenvalue weighted by atomic mass is 10.0. The molecule has 2 N–H and O–H groups in total. The zero-order valence-corrected chi connectivity index (χ0v) is 15.0. The van der Waals surface area contributed by atoms with Gasteiger partial charge in [-0.15, -0.1) is 0 Å². The molecular weight excluding hydrogens is 334 g/mol. The Morgan fingerprint density at radius 1 is 0.926 bits per heavy atom. The summed E-state index contributed by atoms with van der Waals surface area (Å²) in [6.07, 6.45) is 2.29. The molecule has 1 aliphatic heterocycles. The number of rotatable bonds is 4. The van der Waals surface area contributed by atoms with Gasteiger partial charge in [0.1, 0.15) is 5.75 Å². The Hall–Kier alpha value is -3.40. The summed E-state index contributed by atoms with van der Waals surface area (Å²) < 4.78 is 5.81. The van der Waals surface area contributed by atoms with Gasteiger partial charge in [-0.05, 0) is 18.6 Å². The second kappa shape index (κ2) is 7.87. The standard InChI is InChI=1S/C23H21N3O/c24-16-19-20(12-13-21-23(19)25-14-7-15-27-21)26-22(17-8-3-1-4-9-17)18-10-5-2-6-11-18/h1-6,8-13,16,24-25H,7,14-15H2. The molecule has 0 aliphatic carbocycles. The van der Waals surface area contributed by atoms with Gasteiger partial charge in [0.2, 0.25) is 0 Å². The van der Waals surface area contributed by atoms with Crippen LogP contribution >= 0.6 is 0 Å². The molecule has 0 atom stereocenters. The molecule has 0 radical (unpaired) electrons. The maximum absolute atomic E-state index is 7.96. The van der Waals surface area contributed by atoms with Crippen molar-refractivity contribution < 1.29 is 4.74 Å². The van der Waals surface area contributed by atoms with Crippen LogP contribution < -0.4 is 10.1 Å². The average molecular weight is 355 g/mol. The molecule has 0 saturated heterocycles. The van der Waals surface area contributed by atoms with Crippen LogP contribution in [0.3, 0.4) is 0 Å². The van der Waals surface area contributed by atoms with Crippen LogP contribution in [0.1, 0.15) is 23.1 Å². The number of nitrogens with zero attached hydrogens (tertiary/aromatic N) is 1. The fourth-order valence-electron chi connectivity index (χ4n) is 3.21. The van der Waals surface area contributed by atoms with Crippen molar-refractivity contribution in [1.82, 2.24) is 0 Å². The number of nitrogens with one attached hydrogen (secondary N) is 2. The highest BCUT2D eigenvalue weighted by atomic mass is 16.5. The predicted molar refractivity (Wildman–Crippen MR) is 111 cm³/mol. The Labute approximate surface area is 159 Å². The van der Waals surface area contributed by atoms with Crippen molar-refractivity contribution in [3.63, 3.8) is 0 Å². The maximum atomic E-state index is 7.96. The molecule has 0 amide bonds. The van der Waals surface area contributed by atoms with Crippen LogP contribution in [0, 0.1) is 5.41 Å². The first-order valence-corrected chi connectivity index (χ1v) is 9.10. The molecule has 0 bridgehead atoms. The molecular formula is C23H21N3O. The van der Waals surface area contributed by atoms with E-state index in [0.29, 0.717) is 6.61 Å². The monoisotopic (exact) mass is 355 g/mol. The Morgan fingerprint density at radius 3 is 2.22 bits per heavy atom. The summed E-state index contributed by atoms with van der Waals surface area (Å²) >= 11 is 0. The summed E-state index contributed by atoms with van der Waals surface area (Å²) in [5.74, 6) is 0.783. The van der Waals surface area contributed by atoms with E-state index in [-0.39, 0.29) is 0 Å². The van der Waals surface area contributed by atoms with Crippen molar-refractivity contribution in [2.45, 2.75) is 6.42 Å². The minimum Gasteiger partial charge on any atom is -0.491 e. The molecule has 4 rings (SSSR count). The number of hydrogen-bond donors (Lipinski definition) is 2. The van der Waals surface area contributed by atoms with Crippen molar-refractivity contribution >= 4 is 23.3 Å². The number of benzene rings is 3. The predicted octanol–water partition coefficient (Wildman–Crippen LogP) is 5.05. The number of ether oxygens (including phenoxy) is 1. The normalized spacial score (nSPS) is 12.7. The lowest BCUT2D eigenvalue weighted by Gasteiger charge is -2.14. The van der Waals surface area contributed by atoms with E-state index in [4.69, 9.17) is 15.1 Å². The smallest absolute Gasteiger partial charge is 0.143 e. The molecule has 1 heterocycles. The summed E-state index contributed by atoms with van der Waals surface area (Å²) in [5, 5.41) is 11.4. The molecule has 3 aromatic carbocycles. The zero-order chi connectivity index (χ0) is 18.5. The van der Waals surface area contributed by atoms with Crippen molar-refractivity contribution in [3.05, 3.63) is 89.5 Å². The van der Waals surface area contributed by atoms with Gasteiger partial charge in [-0.25, -0.2) is 4.99 Å². The molecule has 1 aliphatic rings. The van der Waals surface area contributed by atoms with E-state index in [1.54, 1.807) is 0 Å². The van der Waals surface area contributed by atoms with E-state index in [2.05, 4.69) is 29.6 Å². The number of anilines is 1. The van der Waals surface area contributed by atoms with Gasteiger partial charge in [0, 0.05) is 29.4 Å². The Morgan fingerprint density at radius 2 is 1.59 bits per heavy atom. The third-order valence-corrected chi connectivity index (χ3v) is 4.54. The Kier molecular flexibility index (Phi) is 4.97. The summed E-state index contributed by atoms with van der Waals surface area (Å²) in [7, 11) is 0. The summed E-state index contributed by atoms with van der Waals surface area (Å²) in [6, 6.07) is 24.1. The van der Waals surface area contributed by atoms with Gasteiger partial charge < -0.3 is 15.5 Å². The quantitative estimate of drug-likeness (QED) is 0.644. The lowest BCUT2D eigenvalue weighted by molar-refractivity contribution is 0.323. The van der Waals surface area contributed by atoms with Crippen LogP contribution in [0.25, 0.3) is 0 Å². The third kappa shape index (κ3) is 3.60. The fourth-order valence-corrected chi connectivity index (χ4v) is 3.21. The molecule has 0 spiro atoms. The average Bonchev–Trinajstić information content (AvgIpc) is 2.98. The van der Waals surface area contributed by atoms with Crippen LogP contribution in [-0.4, -0.2) is 25.1 Å². The number of hydrogen-bond acceptors (Lipinski definition) is 4. The second-order valence-corrected chi connectivity index (χ2v) is 6.34. The highest BCUT2D eigenvalue weighted by molar-refractivity contribution is 6.14. The molecule has 27 heavy (non-hydrogen) atoms. The van der Waals surface area contributed by atoms with Crippen LogP contribution in [0.2, 0.25) is 0 Å². The van der Waals surface area contributed by atoms with E-state index in [9.17, 15) is 0 Å². The van der Waals surface area contributed by atoms with Crippen LogP contribution in [0.4, 0.5) is 11.4 Å². The van der Waals surface area contributed by atoms with Crippen LogP contribution in [0.5, 0.6) is 5.75 Å². The van der Waals surface area contributed by atoms with Crippen LogP contribution in [-0.2, 0) is 0 Å². The van der Waals surface area contributed by atoms with Gasteiger partial charge in [0.05, 0.1) is 23.7 Å². The summed E-state index contributed by atoms with van der Waals surface area (Å²) in [4.78, 5) is 4.98. The molecule has 0 saturated carbocycles. The molecule has 3 aromatic rings. The third-order valence-electron chi connectivity index (χ3n) is 4.54. The van der Waals surface area contributed by atoms with Crippen LogP contribution in [0.15, 0.2) is 77.8 Å². The first-order chi connectivity index (χ1) is 13.4. The van der Waals surface area contributed by atoms with Gasteiger partial charge in [-0.2, -0.15) is 0 Å². The van der Waals surface area contributed by atoms with E-state index in [1.807, 2.05) is 48.5 Å². The zero-order valence-electron chi connectivity index (χ0n) is 15.0. The second-order valence-electron chi connectivity index (χ2n) is 6.34. The summed E-state index contributed by atoms with van der Waals surface area (Å²) in [6.45, 7) is 1.50.